The van der Waals surface area contributed by atoms with Crippen molar-refractivity contribution in [3.05, 3.63) is 29.8 Å². The Balaban J connectivity index is 1.71. The molecule has 3 rings (SSSR count). The number of rotatable bonds is 5. The van der Waals surface area contributed by atoms with Crippen LogP contribution in [0.25, 0.3) is 0 Å². The summed E-state index contributed by atoms with van der Waals surface area (Å²) < 4.78 is 0. The summed E-state index contributed by atoms with van der Waals surface area (Å²) in [6.07, 6.45) is 8.51. The van der Waals surface area contributed by atoms with Crippen molar-refractivity contribution in [2.45, 2.75) is 51.1 Å². The second-order valence-corrected chi connectivity index (χ2v) is 5.90. The van der Waals surface area contributed by atoms with E-state index in [2.05, 4.69) is 29.2 Å². The zero-order valence-electron chi connectivity index (χ0n) is 11.1. The molecule has 0 radical (unpaired) electrons. The fourth-order valence-electron chi connectivity index (χ4n) is 3.15. The zero-order chi connectivity index (χ0) is 12.4. The van der Waals surface area contributed by atoms with Gasteiger partial charge >= 0.3 is 0 Å². The van der Waals surface area contributed by atoms with Gasteiger partial charge in [0.15, 0.2) is 0 Å². The van der Waals surface area contributed by atoms with E-state index in [1.54, 1.807) is 0 Å². The van der Waals surface area contributed by atoms with Gasteiger partial charge in [-0.2, -0.15) is 0 Å². The Kier molecular flexibility index (Phi) is 3.55. The summed E-state index contributed by atoms with van der Waals surface area (Å²) in [4.78, 5) is 2.65. The van der Waals surface area contributed by atoms with Crippen LogP contribution in [-0.4, -0.2) is 12.6 Å². The van der Waals surface area contributed by atoms with Crippen molar-refractivity contribution in [3.8, 4) is 0 Å². The van der Waals surface area contributed by atoms with E-state index in [4.69, 9.17) is 5.73 Å². The van der Waals surface area contributed by atoms with Gasteiger partial charge in [-0.1, -0.05) is 25.0 Å². The van der Waals surface area contributed by atoms with Crippen molar-refractivity contribution in [1.82, 2.24) is 0 Å². The van der Waals surface area contributed by atoms with Crippen LogP contribution in [0.4, 0.5) is 5.69 Å². The van der Waals surface area contributed by atoms with E-state index in [1.165, 1.54) is 56.3 Å². The standard InChI is InChI=1S/C16H24N2/c17-11-13-5-7-15(8-6-13)18(16-9-10-16)12-14-3-1-2-4-14/h5-8,14,16H,1-4,9-12,17H2. The maximum atomic E-state index is 5.67. The second kappa shape index (κ2) is 5.31. The minimum atomic E-state index is 0.645. The molecule has 2 nitrogen and oxygen atoms in total. The molecular weight excluding hydrogens is 220 g/mol. The van der Waals surface area contributed by atoms with Crippen LogP contribution in [0.1, 0.15) is 44.1 Å². The van der Waals surface area contributed by atoms with E-state index in [-0.39, 0.29) is 0 Å². The number of anilines is 1. The molecule has 0 atom stereocenters. The maximum Gasteiger partial charge on any atom is 0.0368 e. The number of nitrogens with two attached hydrogens (primary N) is 1. The second-order valence-electron chi connectivity index (χ2n) is 5.90. The Morgan fingerprint density at radius 3 is 2.22 bits per heavy atom. The number of nitrogens with zero attached hydrogens (tertiary/aromatic N) is 1. The average molecular weight is 244 g/mol. The van der Waals surface area contributed by atoms with Crippen LogP contribution < -0.4 is 10.6 Å². The molecule has 2 aliphatic rings. The Labute approximate surface area is 110 Å². The molecule has 0 saturated heterocycles. The van der Waals surface area contributed by atoms with Crippen molar-refractivity contribution >= 4 is 5.69 Å². The van der Waals surface area contributed by atoms with Crippen LogP contribution in [-0.2, 0) is 6.54 Å². The monoisotopic (exact) mass is 244 g/mol. The molecule has 98 valence electrons. The fraction of sp³-hybridized carbons (Fsp3) is 0.625. The molecule has 2 aliphatic carbocycles. The summed E-state index contributed by atoms with van der Waals surface area (Å²) in [7, 11) is 0. The molecule has 0 bridgehead atoms. The molecule has 0 spiro atoms. The van der Waals surface area contributed by atoms with Gasteiger partial charge in [-0.3, -0.25) is 0 Å². The van der Waals surface area contributed by atoms with Crippen LogP contribution >= 0.6 is 0 Å². The van der Waals surface area contributed by atoms with E-state index in [0.29, 0.717) is 6.54 Å². The Bertz CT molecular complexity index is 375. The molecule has 1 aromatic rings. The Morgan fingerprint density at radius 1 is 1.00 bits per heavy atom. The highest BCUT2D eigenvalue weighted by molar-refractivity contribution is 5.49. The maximum absolute atomic E-state index is 5.67. The van der Waals surface area contributed by atoms with E-state index in [0.717, 1.165) is 12.0 Å². The van der Waals surface area contributed by atoms with Gasteiger partial charge in [-0.05, 0) is 49.3 Å². The first-order valence-corrected chi connectivity index (χ1v) is 7.42. The van der Waals surface area contributed by atoms with Crippen LogP contribution in [0.5, 0.6) is 0 Å². The van der Waals surface area contributed by atoms with E-state index in [1.807, 2.05) is 0 Å². The topological polar surface area (TPSA) is 29.3 Å². The van der Waals surface area contributed by atoms with E-state index >= 15 is 0 Å². The van der Waals surface area contributed by atoms with Gasteiger partial charge in [0.05, 0.1) is 0 Å². The van der Waals surface area contributed by atoms with Gasteiger partial charge in [0, 0.05) is 24.8 Å². The number of hydrogen-bond acceptors (Lipinski definition) is 2. The molecule has 0 aromatic heterocycles. The van der Waals surface area contributed by atoms with Gasteiger partial charge in [0.25, 0.3) is 0 Å². The Morgan fingerprint density at radius 2 is 1.67 bits per heavy atom. The van der Waals surface area contributed by atoms with Crippen LogP contribution in [0.3, 0.4) is 0 Å². The van der Waals surface area contributed by atoms with Crippen molar-refractivity contribution in [3.63, 3.8) is 0 Å². The highest BCUT2D eigenvalue weighted by Gasteiger charge is 2.31. The minimum absolute atomic E-state index is 0.645. The van der Waals surface area contributed by atoms with Gasteiger partial charge in [-0.15, -0.1) is 0 Å². The van der Waals surface area contributed by atoms with Crippen molar-refractivity contribution < 1.29 is 0 Å². The summed E-state index contributed by atoms with van der Waals surface area (Å²) >= 11 is 0. The van der Waals surface area contributed by atoms with Crippen LogP contribution in [0.2, 0.25) is 0 Å². The smallest absolute Gasteiger partial charge is 0.0368 e. The first-order valence-electron chi connectivity index (χ1n) is 7.42. The third kappa shape index (κ3) is 2.69. The highest BCUT2D eigenvalue weighted by Crippen LogP contribution is 2.35. The Hall–Kier alpha value is -1.02. The van der Waals surface area contributed by atoms with Gasteiger partial charge in [0.2, 0.25) is 0 Å². The van der Waals surface area contributed by atoms with Gasteiger partial charge < -0.3 is 10.6 Å². The molecule has 2 saturated carbocycles. The molecule has 0 amide bonds. The third-order valence-electron chi connectivity index (χ3n) is 4.42. The van der Waals surface area contributed by atoms with Crippen molar-refractivity contribution in [2.24, 2.45) is 11.7 Å². The number of hydrogen-bond donors (Lipinski definition) is 1. The predicted octanol–water partition coefficient (Wildman–Crippen LogP) is 3.30. The molecule has 0 aliphatic heterocycles. The van der Waals surface area contributed by atoms with Gasteiger partial charge in [-0.25, -0.2) is 0 Å². The molecule has 0 heterocycles. The van der Waals surface area contributed by atoms with Crippen molar-refractivity contribution in [2.75, 3.05) is 11.4 Å². The largest absolute Gasteiger partial charge is 0.368 e. The molecule has 2 heteroatoms. The SMILES string of the molecule is NCc1ccc(N(CC2CCCC2)C2CC2)cc1. The lowest BCUT2D eigenvalue weighted by molar-refractivity contribution is 0.529. The van der Waals surface area contributed by atoms with E-state index < -0.39 is 0 Å². The first-order chi connectivity index (χ1) is 8.86. The third-order valence-corrected chi connectivity index (χ3v) is 4.42. The summed E-state index contributed by atoms with van der Waals surface area (Å²) in [5.74, 6) is 0.930. The molecular formula is C16H24N2. The summed E-state index contributed by atoms with van der Waals surface area (Å²) in [5, 5.41) is 0. The highest BCUT2D eigenvalue weighted by atomic mass is 15.2. The summed E-state index contributed by atoms with van der Waals surface area (Å²) in [5.41, 5.74) is 8.30. The molecule has 0 unspecified atom stereocenters. The quantitative estimate of drug-likeness (QED) is 0.861. The lowest BCUT2D eigenvalue weighted by atomic mass is 10.1. The normalized spacial score (nSPS) is 20.3. The lowest BCUT2D eigenvalue weighted by Crippen LogP contribution is -2.30. The van der Waals surface area contributed by atoms with Crippen molar-refractivity contribution in [1.29, 1.82) is 0 Å². The van der Waals surface area contributed by atoms with Gasteiger partial charge in [0.1, 0.15) is 0 Å². The van der Waals surface area contributed by atoms with Crippen LogP contribution in [0, 0.1) is 5.92 Å². The van der Waals surface area contributed by atoms with E-state index in [9.17, 15) is 0 Å². The molecule has 2 N–H and O–H groups in total. The molecule has 18 heavy (non-hydrogen) atoms. The fourth-order valence-corrected chi connectivity index (χ4v) is 3.15. The average Bonchev–Trinajstić information content (AvgIpc) is 3.13. The minimum Gasteiger partial charge on any atom is -0.368 e. The lowest BCUT2D eigenvalue weighted by Gasteiger charge is -2.28. The molecule has 2 fully saturated rings. The summed E-state index contributed by atoms with van der Waals surface area (Å²) in [6.45, 7) is 1.92. The summed E-state index contributed by atoms with van der Waals surface area (Å²) in [6, 6.07) is 9.69. The zero-order valence-corrected chi connectivity index (χ0v) is 11.1. The van der Waals surface area contributed by atoms with Crippen LogP contribution in [0.15, 0.2) is 24.3 Å². The molecule has 1 aromatic carbocycles. The first kappa shape index (κ1) is 12.0. The number of benzene rings is 1. The predicted molar refractivity (Wildman–Crippen MR) is 76.7 cm³/mol.